The Morgan fingerprint density at radius 1 is 1.18 bits per heavy atom. The maximum absolute atomic E-state index is 14.3. The van der Waals surface area contributed by atoms with Gasteiger partial charge in [0, 0.05) is 30.8 Å². The standard InChI is InChI=1S/C26H26N4O8/c1-3-38-22(31)15-10-11-28-20-9-6-18(30(35)36)12-16(20)14-26(21(28)13-15)23(32)27-25(34)29(24(26)33)17-4-7-19(37-2)8-5-17/h4-9,12,15,21H,3,10-11,13-14H2,1-2H3,(H,27,32,34). The lowest BCUT2D eigenvalue weighted by atomic mass is 9.64. The molecule has 0 saturated carbocycles. The minimum atomic E-state index is -1.82. The number of fused-ring (bicyclic) bond motifs is 4. The number of benzene rings is 2. The number of carbonyl (C=O) groups is 4. The zero-order valence-electron chi connectivity index (χ0n) is 20.8. The summed E-state index contributed by atoms with van der Waals surface area (Å²) >= 11 is 0. The molecule has 4 amide bonds. The van der Waals surface area contributed by atoms with Crippen LogP contribution >= 0.6 is 0 Å². The van der Waals surface area contributed by atoms with E-state index in [9.17, 15) is 29.3 Å². The molecule has 0 radical (unpaired) electrons. The number of nitro groups is 1. The lowest BCUT2D eigenvalue weighted by Gasteiger charge is -2.54. The van der Waals surface area contributed by atoms with E-state index in [1.54, 1.807) is 25.1 Å². The zero-order valence-corrected chi connectivity index (χ0v) is 20.8. The van der Waals surface area contributed by atoms with Crippen molar-refractivity contribution in [2.24, 2.45) is 11.3 Å². The molecule has 198 valence electrons. The lowest BCUT2D eigenvalue weighted by molar-refractivity contribution is -0.384. The topological polar surface area (TPSA) is 148 Å². The average molecular weight is 523 g/mol. The van der Waals surface area contributed by atoms with Crippen molar-refractivity contribution < 1.29 is 33.6 Å². The number of methoxy groups -OCH3 is 1. The van der Waals surface area contributed by atoms with Gasteiger partial charge in [0.05, 0.1) is 36.3 Å². The van der Waals surface area contributed by atoms with E-state index in [2.05, 4.69) is 5.32 Å². The summed E-state index contributed by atoms with van der Waals surface area (Å²) < 4.78 is 10.4. The van der Waals surface area contributed by atoms with Gasteiger partial charge in [0.25, 0.3) is 11.6 Å². The van der Waals surface area contributed by atoms with Crippen molar-refractivity contribution in [2.45, 2.75) is 32.2 Å². The van der Waals surface area contributed by atoms with Crippen LogP contribution in [-0.2, 0) is 25.5 Å². The highest BCUT2D eigenvalue weighted by molar-refractivity contribution is 6.30. The second kappa shape index (κ2) is 9.43. The van der Waals surface area contributed by atoms with Gasteiger partial charge in [-0.05, 0) is 55.7 Å². The van der Waals surface area contributed by atoms with E-state index in [1.165, 1.54) is 31.4 Å². The summed E-state index contributed by atoms with van der Waals surface area (Å²) in [6, 6.07) is 8.88. The first-order valence-corrected chi connectivity index (χ1v) is 12.3. The first kappa shape index (κ1) is 25.2. The van der Waals surface area contributed by atoms with E-state index in [1.807, 2.05) is 4.90 Å². The Morgan fingerprint density at radius 3 is 2.58 bits per heavy atom. The normalized spacial score (nSPS) is 24.4. The summed E-state index contributed by atoms with van der Waals surface area (Å²) in [5, 5.41) is 13.8. The van der Waals surface area contributed by atoms with Crippen LogP contribution in [-0.4, -0.2) is 55.0 Å². The molecule has 5 rings (SSSR count). The quantitative estimate of drug-likeness (QED) is 0.271. The molecule has 2 saturated heterocycles. The molecule has 1 spiro atoms. The smallest absolute Gasteiger partial charge is 0.335 e. The van der Waals surface area contributed by atoms with E-state index in [0.717, 1.165) is 4.90 Å². The molecule has 3 atom stereocenters. The van der Waals surface area contributed by atoms with Gasteiger partial charge in [-0.2, -0.15) is 0 Å². The first-order chi connectivity index (χ1) is 18.2. The number of imide groups is 2. The highest BCUT2D eigenvalue weighted by Gasteiger charge is 2.63. The van der Waals surface area contributed by atoms with Gasteiger partial charge in [-0.25, -0.2) is 9.69 Å². The molecule has 0 bridgehead atoms. The van der Waals surface area contributed by atoms with E-state index in [4.69, 9.17) is 9.47 Å². The number of non-ortho nitro benzene ring substituents is 1. The van der Waals surface area contributed by atoms with Gasteiger partial charge in [-0.1, -0.05) is 0 Å². The third-order valence-corrected chi connectivity index (χ3v) is 7.59. The van der Waals surface area contributed by atoms with Gasteiger partial charge in [0.1, 0.15) is 5.75 Å². The number of nitro benzene ring substituents is 1. The number of hydrogen-bond acceptors (Lipinski definition) is 9. The van der Waals surface area contributed by atoms with Gasteiger partial charge in [-0.3, -0.25) is 29.8 Å². The zero-order chi connectivity index (χ0) is 27.2. The highest BCUT2D eigenvalue weighted by Crippen LogP contribution is 2.49. The highest BCUT2D eigenvalue weighted by atomic mass is 16.6. The van der Waals surface area contributed by atoms with Gasteiger partial charge in [-0.15, -0.1) is 0 Å². The molecule has 1 N–H and O–H groups in total. The van der Waals surface area contributed by atoms with Crippen LogP contribution in [0.1, 0.15) is 25.3 Å². The SMILES string of the molecule is CCOC(=O)C1CCN2c3ccc([N+](=O)[O-])cc3CC3(C(=O)NC(=O)N(c4ccc(OC)cc4)C3=O)C2C1. The van der Waals surface area contributed by atoms with E-state index >= 15 is 0 Å². The largest absolute Gasteiger partial charge is 0.497 e. The molecule has 3 aliphatic rings. The predicted molar refractivity (Wildman–Crippen MR) is 134 cm³/mol. The molecular formula is C26H26N4O8. The number of hydrogen-bond donors (Lipinski definition) is 1. The van der Waals surface area contributed by atoms with E-state index in [-0.39, 0.29) is 30.8 Å². The molecule has 0 aliphatic carbocycles. The Kier molecular flexibility index (Phi) is 6.25. The maximum atomic E-state index is 14.3. The van der Waals surface area contributed by atoms with Crippen LogP contribution in [0.2, 0.25) is 0 Å². The first-order valence-electron chi connectivity index (χ1n) is 12.3. The molecule has 3 heterocycles. The van der Waals surface area contributed by atoms with Crippen molar-refractivity contribution in [3.63, 3.8) is 0 Å². The Morgan fingerprint density at radius 2 is 1.92 bits per heavy atom. The van der Waals surface area contributed by atoms with Gasteiger partial charge in [0.2, 0.25) is 5.91 Å². The molecule has 3 aliphatic heterocycles. The average Bonchev–Trinajstić information content (AvgIpc) is 2.91. The Labute approximate surface area is 217 Å². The fraction of sp³-hybridized carbons (Fsp3) is 0.385. The molecule has 2 aromatic rings. The molecule has 3 unspecified atom stereocenters. The lowest BCUT2D eigenvalue weighted by Crippen LogP contribution is -2.73. The number of esters is 1. The van der Waals surface area contributed by atoms with Gasteiger partial charge in [0.15, 0.2) is 5.41 Å². The molecule has 2 fully saturated rings. The summed E-state index contributed by atoms with van der Waals surface area (Å²) in [4.78, 5) is 67.4. The maximum Gasteiger partial charge on any atom is 0.335 e. The number of anilines is 2. The summed E-state index contributed by atoms with van der Waals surface area (Å²) in [6.45, 7) is 2.22. The fourth-order valence-electron chi connectivity index (χ4n) is 5.79. The Balaban J connectivity index is 1.64. The number of piperidine rings is 1. The minimum Gasteiger partial charge on any atom is -0.497 e. The Bertz CT molecular complexity index is 1340. The number of amides is 4. The van der Waals surface area contributed by atoms with E-state index < -0.39 is 46.1 Å². The van der Waals surface area contributed by atoms with Crippen molar-refractivity contribution in [1.82, 2.24) is 5.32 Å². The van der Waals surface area contributed by atoms with Crippen LogP contribution in [0.25, 0.3) is 0 Å². The van der Waals surface area contributed by atoms with Gasteiger partial charge >= 0.3 is 12.0 Å². The second-order valence-electron chi connectivity index (χ2n) is 9.50. The Hall–Kier alpha value is -4.48. The fourth-order valence-corrected chi connectivity index (χ4v) is 5.79. The summed E-state index contributed by atoms with van der Waals surface area (Å²) in [7, 11) is 1.48. The molecular weight excluding hydrogens is 496 g/mol. The third kappa shape index (κ3) is 3.83. The summed E-state index contributed by atoms with van der Waals surface area (Å²) in [6.07, 6.45) is 0.378. The number of nitrogens with one attached hydrogen (secondary N) is 1. The van der Waals surface area contributed by atoms with Crippen LogP contribution in [0.3, 0.4) is 0 Å². The molecule has 12 nitrogen and oxygen atoms in total. The molecule has 0 aromatic heterocycles. The number of barbiturate groups is 1. The van der Waals surface area contributed by atoms with Crippen LogP contribution < -0.4 is 19.9 Å². The molecule has 2 aromatic carbocycles. The van der Waals surface area contributed by atoms with Crippen LogP contribution in [0, 0.1) is 21.4 Å². The number of nitrogens with zero attached hydrogens (tertiary/aromatic N) is 3. The van der Waals surface area contributed by atoms with Crippen molar-refractivity contribution in [3.05, 3.63) is 58.1 Å². The van der Waals surface area contributed by atoms with Crippen LogP contribution in [0.15, 0.2) is 42.5 Å². The van der Waals surface area contributed by atoms with Gasteiger partial charge < -0.3 is 14.4 Å². The summed E-state index contributed by atoms with van der Waals surface area (Å²) in [5.74, 6) is -2.01. The van der Waals surface area contributed by atoms with Crippen molar-refractivity contribution in [1.29, 1.82) is 0 Å². The van der Waals surface area contributed by atoms with Crippen molar-refractivity contribution in [2.75, 3.05) is 30.1 Å². The number of ether oxygens (including phenoxy) is 2. The minimum absolute atomic E-state index is 0.138. The predicted octanol–water partition coefficient (Wildman–Crippen LogP) is 2.58. The third-order valence-electron chi connectivity index (χ3n) is 7.59. The number of rotatable bonds is 5. The van der Waals surface area contributed by atoms with Crippen LogP contribution in [0.4, 0.5) is 21.9 Å². The summed E-state index contributed by atoms with van der Waals surface area (Å²) in [5.41, 5.74) is -0.666. The molecule has 12 heteroatoms. The second-order valence-corrected chi connectivity index (χ2v) is 9.50. The van der Waals surface area contributed by atoms with Crippen molar-refractivity contribution in [3.8, 4) is 5.75 Å². The van der Waals surface area contributed by atoms with E-state index in [0.29, 0.717) is 30.0 Å². The monoisotopic (exact) mass is 522 g/mol. The van der Waals surface area contributed by atoms with Crippen molar-refractivity contribution >= 4 is 40.9 Å². The number of urea groups is 1. The molecule has 38 heavy (non-hydrogen) atoms. The van der Waals surface area contributed by atoms with Crippen LogP contribution in [0.5, 0.6) is 5.75 Å². The number of carbonyl (C=O) groups excluding carboxylic acids is 4.